The Morgan fingerprint density at radius 3 is 2.53 bits per heavy atom. The second-order valence-corrected chi connectivity index (χ2v) is 6.65. The van der Waals surface area contributed by atoms with Crippen LogP contribution in [0.25, 0.3) is 0 Å². The van der Waals surface area contributed by atoms with E-state index in [2.05, 4.69) is 46.9 Å². The van der Waals surface area contributed by atoms with E-state index in [1.165, 1.54) is 25.7 Å². The fourth-order valence-corrected chi connectivity index (χ4v) is 3.43. The maximum atomic E-state index is 12.3. The van der Waals surface area contributed by atoms with E-state index in [-0.39, 0.29) is 11.4 Å². The molecular weight excluding hydrogens is 351 g/mol. The van der Waals surface area contributed by atoms with Crippen LogP contribution in [0.1, 0.15) is 36.0 Å². The molecule has 1 amide bonds. The molecule has 1 aromatic carbocycles. The molecule has 0 unspecified atom stereocenters. The molecule has 0 aliphatic heterocycles. The van der Waals surface area contributed by atoms with Crippen LogP contribution >= 0.6 is 22.6 Å². The number of hydrogen-bond donors (Lipinski definition) is 1. The lowest BCUT2D eigenvalue weighted by Gasteiger charge is -2.36. The van der Waals surface area contributed by atoms with Crippen LogP contribution in [0, 0.1) is 3.57 Å². The highest BCUT2D eigenvalue weighted by atomic mass is 127. The van der Waals surface area contributed by atoms with Gasteiger partial charge in [-0.25, -0.2) is 0 Å². The number of carbonyl (C=O) groups is 1. The van der Waals surface area contributed by atoms with E-state index >= 15 is 0 Å². The Morgan fingerprint density at radius 2 is 1.95 bits per heavy atom. The zero-order valence-corrected chi connectivity index (χ0v) is 13.7. The third-order valence-electron chi connectivity index (χ3n) is 4.18. The fraction of sp³-hybridized carbons (Fsp3) is 0.533. The third kappa shape index (κ3) is 3.28. The number of carbonyl (C=O) groups excluding carboxylic acids is 1. The van der Waals surface area contributed by atoms with Crippen molar-refractivity contribution in [2.45, 2.75) is 31.2 Å². The third-order valence-corrected chi connectivity index (χ3v) is 5.12. The van der Waals surface area contributed by atoms with E-state index in [1.54, 1.807) is 0 Å². The van der Waals surface area contributed by atoms with Gasteiger partial charge in [-0.2, -0.15) is 0 Å². The second-order valence-electron chi connectivity index (χ2n) is 5.49. The van der Waals surface area contributed by atoms with Gasteiger partial charge in [-0.3, -0.25) is 4.79 Å². The number of benzene rings is 1. The summed E-state index contributed by atoms with van der Waals surface area (Å²) in [4.78, 5) is 14.5. The van der Waals surface area contributed by atoms with Crippen molar-refractivity contribution >= 4 is 28.5 Å². The first kappa shape index (κ1) is 14.8. The molecule has 1 fully saturated rings. The Balaban J connectivity index is 2.02. The Labute approximate surface area is 128 Å². The summed E-state index contributed by atoms with van der Waals surface area (Å²) in [5, 5.41) is 3.12. The van der Waals surface area contributed by atoms with Gasteiger partial charge in [0.1, 0.15) is 0 Å². The van der Waals surface area contributed by atoms with Gasteiger partial charge < -0.3 is 10.2 Å². The molecular formula is C15H21IN2O. The van der Waals surface area contributed by atoms with Gasteiger partial charge in [0.25, 0.3) is 5.91 Å². The van der Waals surface area contributed by atoms with Crippen LogP contribution in [-0.2, 0) is 0 Å². The Kier molecular flexibility index (Phi) is 4.84. The summed E-state index contributed by atoms with van der Waals surface area (Å²) in [6.45, 7) is 0.740. The summed E-state index contributed by atoms with van der Waals surface area (Å²) in [6.07, 6.45) is 4.87. The number of rotatable bonds is 4. The summed E-state index contributed by atoms with van der Waals surface area (Å²) in [5.41, 5.74) is 0.922. The first-order chi connectivity index (χ1) is 9.05. The predicted octanol–water partition coefficient (Wildman–Crippen LogP) is 2.90. The molecule has 1 aliphatic carbocycles. The maximum absolute atomic E-state index is 12.3. The van der Waals surface area contributed by atoms with Gasteiger partial charge in [-0.1, -0.05) is 25.0 Å². The van der Waals surface area contributed by atoms with Crippen molar-refractivity contribution in [1.29, 1.82) is 0 Å². The van der Waals surface area contributed by atoms with Crippen LogP contribution < -0.4 is 5.32 Å². The van der Waals surface area contributed by atoms with Crippen LogP contribution in [0.4, 0.5) is 0 Å². The molecule has 2 rings (SSSR count). The smallest absolute Gasteiger partial charge is 0.252 e. The van der Waals surface area contributed by atoms with Crippen molar-refractivity contribution in [1.82, 2.24) is 10.2 Å². The monoisotopic (exact) mass is 372 g/mol. The summed E-state index contributed by atoms with van der Waals surface area (Å²) >= 11 is 2.21. The molecule has 4 heteroatoms. The molecule has 0 atom stereocenters. The zero-order chi connectivity index (χ0) is 13.9. The Morgan fingerprint density at radius 1 is 1.32 bits per heavy atom. The number of amides is 1. The van der Waals surface area contributed by atoms with Crippen molar-refractivity contribution in [3.8, 4) is 0 Å². The number of likely N-dealkylation sites (N-methyl/N-ethyl adjacent to an activating group) is 1. The summed E-state index contributed by atoms with van der Waals surface area (Å²) < 4.78 is 1.00. The second kappa shape index (κ2) is 6.22. The first-order valence-electron chi connectivity index (χ1n) is 6.75. The van der Waals surface area contributed by atoms with Crippen molar-refractivity contribution < 1.29 is 4.79 Å². The van der Waals surface area contributed by atoms with Crippen molar-refractivity contribution in [2.75, 3.05) is 20.6 Å². The van der Waals surface area contributed by atoms with Crippen molar-refractivity contribution in [3.63, 3.8) is 0 Å². The molecule has 0 radical (unpaired) electrons. The minimum Gasteiger partial charge on any atom is -0.350 e. The van der Waals surface area contributed by atoms with Gasteiger partial charge in [0.2, 0.25) is 0 Å². The van der Waals surface area contributed by atoms with Crippen molar-refractivity contribution in [3.05, 3.63) is 33.4 Å². The van der Waals surface area contributed by atoms with E-state index in [0.29, 0.717) is 0 Å². The Hall–Kier alpha value is -0.620. The van der Waals surface area contributed by atoms with Crippen LogP contribution in [0.3, 0.4) is 0 Å². The van der Waals surface area contributed by atoms with E-state index in [1.807, 2.05) is 24.3 Å². The lowest BCUT2D eigenvalue weighted by molar-refractivity contribution is 0.0899. The fourth-order valence-electron chi connectivity index (χ4n) is 2.80. The van der Waals surface area contributed by atoms with Crippen molar-refractivity contribution in [2.24, 2.45) is 0 Å². The largest absolute Gasteiger partial charge is 0.350 e. The van der Waals surface area contributed by atoms with E-state index in [4.69, 9.17) is 0 Å². The normalized spacial score (nSPS) is 17.7. The Bertz CT molecular complexity index is 453. The minimum absolute atomic E-state index is 0.0399. The van der Waals surface area contributed by atoms with Crippen LogP contribution in [0.2, 0.25) is 0 Å². The number of halogens is 1. The molecule has 0 spiro atoms. The van der Waals surface area contributed by atoms with Gasteiger partial charge in [0.15, 0.2) is 0 Å². The molecule has 0 aromatic heterocycles. The molecule has 0 bridgehead atoms. The van der Waals surface area contributed by atoms with E-state index < -0.39 is 0 Å². The zero-order valence-electron chi connectivity index (χ0n) is 11.6. The summed E-state index contributed by atoms with van der Waals surface area (Å²) in [7, 11) is 4.23. The average molecular weight is 372 g/mol. The van der Waals surface area contributed by atoms with Gasteiger partial charge in [-0.05, 0) is 61.7 Å². The highest BCUT2D eigenvalue weighted by molar-refractivity contribution is 14.1. The number of nitrogens with zero attached hydrogens (tertiary/aromatic N) is 1. The summed E-state index contributed by atoms with van der Waals surface area (Å²) in [6, 6.07) is 7.71. The number of nitrogens with one attached hydrogen (secondary N) is 1. The summed E-state index contributed by atoms with van der Waals surface area (Å²) in [5.74, 6) is 0.0399. The highest BCUT2D eigenvalue weighted by Gasteiger charge is 2.36. The quantitative estimate of drug-likeness (QED) is 0.825. The average Bonchev–Trinajstić information content (AvgIpc) is 2.86. The molecule has 19 heavy (non-hydrogen) atoms. The standard InChI is InChI=1S/C15H21IN2O/c1-18(2)15(9-5-6-10-15)11-17-14(19)12-7-3-4-8-13(12)16/h3-4,7-8H,5-6,9-11H2,1-2H3,(H,17,19). The SMILES string of the molecule is CN(C)C1(CNC(=O)c2ccccc2I)CCCC1. The first-order valence-corrected chi connectivity index (χ1v) is 7.83. The molecule has 3 nitrogen and oxygen atoms in total. The molecule has 1 saturated carbocycles. The van der Waals surface area contributed by atoms with Gasteiger partial charge in [0, 0.05) is 15.7 Å². The topological polar surface area (TPSA) is 32.3 Å². The molecule has 1 N–H and O–H groups in total. The molecule has 104 valence electrons. The lowest BCUT2D eigenvalue weighted by atomic mass is 9.96. The van der Waals surface area contributed by atoms with Gasteiger partial charge in [0.05, 0.1) is 5.56 Å². The van der Waals surface area contributed by atoms with E-state index in [9.17, 15) is 4.79 Å². The predicted molar refractivity (Wildman–Crippen MR) is 86.4 cm³/mol. The molecule has 1 aliphatic rings. The molecule has 0 heterocycles. The molecule has 0 saturated heterocycles. The highest BCUT2D eigenvalue weighted by Crippen LogP contribution is 2.33. The minimum atomic E-state index is 0.0399. The van der Waals surface area contributed by atoms with Crippen LogP contribution in [0.15, 0.2) is 24.3 Å². The number of hydrogen-bond acceptors (Lipinski definition) is 2. The van der Waals surface area contributed by atoms with Crippen LogP contribution in [0.5, 0.6) is 0 Å². The maximum Gasteiger partial charge on any atom is 0.252 e. The van der Waals surface area contributed by atoms with Gasteiger partial charge in [-0.15, -0.1) is 0 Å². The van der Waals surface area contributed by atoms with Crippen LogP contribution in [-0.4, -0.2) is 37.0 Å². The molecule has 1 aromatic rings. The van der Waals surface area contributed by atoms with Gasteiger partial charge >= 0.3 is 0 Å². The lowest BCUT2D eigenvalue weighted by Crippen LogP contribution is -2.50. The van der Waals surface area contributed by atoms with E-state index in [0.717, 1.165) is 15.7 Å².